The first-order valence-corrected chi connectivity index (χ1v) is 14.9. The number of nitrogens with zero attached hydrogens (tertiary/aromatic N) is 2. The Kier molecular flexibility index (Phi) is 11.9. The van der Waals surface area contributed by atoms with E-state index in [0.29, 0.717) is 54.3 Å². The minimum absolute atomic E-state index is 0.0151. The molecule has 2 atom stereocenters. The maximum Gasteiger partial charge on any atom is 0.303 e. The number of rotatable bonds is 12. The van der Waals surface area contributed by atoms with E-state index in [2.05, 4.69) is 22.1 Å². The number of amides is 1. The zero-order valence-corrected chi connectivity index (χ0v) is 24.0. The molecular weight excluding hydrogens is 536 g/mol. The number of carbonyl (C=O) groups is 3. The largest absolute Gasteiger partial charge is 0.491 e. The SMILES string of the molecule is O=C(O)C[C@H](CC(=O)[C@@H]1CCCN(C(=O)CCC2CCNCC2)C1)c1cncc(C#Cc2cccc(OCC[18F])c2)c1. The second-order valence-electron chi connectivity index (χ2n) is 11.2. The molecule has 2 saturated heterocycles. The number of ether oxygens (including phenoxy) is 1. The highest BCUT2D eigenvalue weighted by Crippen LogP contribution is 2.29. The van der Waals surface area contributed by atoms with Crippen LogP contribution >= 0.6 is 0 Å². The van der Waals surface area contributed by atoms with Gasteiger partial charge in [-0.2, -0.15) is 0 Å². The van der Waals surface area contributed by atoms with Crippen LogP contribution in [0.4, 0.5) is 4.39 Å². The Morgan fingerprint density at radius 1 is 1.10 bits per heavy atom. The number of carboxylic acid groups (broad SMARTS) is 1. The third-order valence-electron chi connectivity index (χ3n) is 8.09. The average molecular weight is 577 g/mol. The Morgan fingerprint density at radius 2 is 1.90 bits per heavy atom. The van der Waals surface area contributed by atoms with Gasteiger partial charge in [0.1, 0.15) is 24.8 Å². The predicted octanol–water partition coefficient (Wildman–Crippen LogP) is 4.37. The van der Waals surface area contributed by atoms with Crippen LogP contribution < -0.4 is 10.1 Å². The Labute approximate surface area is 247 Å². The molecule has 1 aromatic carbocycles. The summed E-state index contributed by atoms with van der Waals surface area (Å²) in [5.41, 5.74) is 1.91. The number of Topliss-reactive ketones (excluding diaryl/α,β-unsaturated/α-hetero) is 1. The number of nitrogens with one attached hydrogen (secondary N) is 1. The van der Waals surface area contributed by atoms with Gasteiger partial charge in [-0.1, -0.05) is 17.9 Å². The molecule has 2 aromatic rings. The van der Waals surface area contributed by atoms with Crippen molar-refractivity contribution in [2.45, 2.75) is 57.3 Å². The molecule has 0 unspecified atom stereocenters. The number of aliphatic carboxylic acids is 1. The van der Waals surface area contributed by atoms with Gasteiger partial charge in [0, 0.05) is 61.3 Å². The molecule has 1 amide bonds. The summed E-state index contributed by atoms with van der Waals surface area (Å²) in [4.78, 5) is 44.2. The van der Waals surface area contributed by atoms with Crippen LogP contribution in [0.3, 0.4) is 0 Å². The summed E-state index contributed by atoms with van der Waals surface area (Å²) in [7, 11) is 0. The highest BCUT2D eigenvalue weighted by Gasteiger charge is 2.31. The Bertz CT molecular complexity index is 1280. The smallest absolute Gasteiger partial charge is 0.303 e. The first-order valence-electron chi connectivity index (χ1n) is 14.9. The number of hydrogen-bond acceptors (Lipinski definition) is 6. The normalized spacial score (nSPS) is 18.0. The first kappa shape index (κ1) is 31.2. The molecule has 2 fully saturated rings. The fourth-order valence-corrected chi connectivity index (χ4v) is 5.76. The molecule has 224 valence electrons. The van der Waals surface area contributed by atoms with E-state index < -0.39 is 18.6 Å². The van der Waals surface area contributed by atoms with E-state index in [-0.39, 0.29) is 37.1 Å². The molecule has 3 heterocycles. The van der Waals surface area contributed by atoms with Crippen LogP contribution in [0.1, 0.15) is 74.0 Å². The lowest BCUT2D eigenvalue weighted by atomic mass is 9.84. The van der Waals surface area contributed by atoms with Crippen molar-refractivity contribution in [3.8, 4) is 17.6 Å². The average Bonchev–Trinajstić information content (AvgIpc) is 3.02. The number of benzene rings is 1. The fraction of sp³-hybridized carbons (Fsp3) is 0.515. The van der Waals surface area contributed by atoms with Crippen LogP contribution in [0.5, 0.6) is 5.75 Å². The molecule has 2 aliphatic heterocycles. The summed E-state index contributed by atoms with van der Waals surface area (Å²) in [5.74, 6) is 5.45. The van der Waals surface area contributed by atoms with Gasteiger partial charge >= 0.3 is 5.97 Å². The summed E-state index contributed by atoms with van der Waals surface area (Å²) in [6.45, 7) is 2.48. The number of pyridine rings is 1. The van der Waals surface area contributed by atoms with Crippen molar-refractivity contribution in [2.24, 2.45) is 11.8 Å². The van der Waals surface area contributed by atoms with Crippen molar-refractivity contribution in [2.75, 3.05) is 39.5 Å². The van der Waals surface area contributed by atoms with Gasteiger partial charge in [-0.05, 0) is 80.9 Å². The van der Waals surface area contributed by atoms with Gasteiger partial charge < -0.3 is 20.1 Å². The van der Waals surface area contributed by atoms with Gasteiger partial charge in [0.25, 0.3) is 0 Å². The van der Waals surface area contributed by atoms with Crippen LogP contribution in [-0.2, 0) is 14.4 Å². The molecule has 0 bridgehead atoms. The molecule has 0 spiro atoms. The number of likely N-dealkylation sites (tertiary alicyclic amines) is 1. The second-order valence-corrected chi connectivity index (χ2v) is 11.2. The van der Waals surface area contributed by atoms with Crippen LogP contribution in [0.2, 0.25) is 0 Å². The second kappa shape index (κ2) is 16.0. The zero-order chi connectivity index (χ0) is 29.7. The van der Waals surface area contributed by atoms with Crippen molar-refractivity contribution in [3.05, 3.63) is 59.4 Å². The molecule has 1 aromatic heterocycles. The van der Waals surface area contributed by atoms with E-state index in [0.717, 1.165) is 38.8 Å². The summed E-state index contributed by atoms with van der Waals surface area (Å²) >= 11 is 0. The van der Waals surface area contributed by atoms with Crippen molar-refractivity contribution in [3.63, 3.8) is 0 Å². The van der Waals surface area contributed by atoms with E-state index >= 15 is 0 Å². The molecule has 2 N–H and O–H groups in total. The number of ketones is 1. The van der Waals surface area contributed by atoms with Crippen molar-refractivity contribution in [1.82, 2.24) is 15.2 Å². The lowest BCUT2D eigenvalue weighted by Gasteiger charge is -2.33. The Hall–Kier alpha value is -3.77. The lowest BCUT2D eigenvalue weighted by Crippen LogP contribution is -2.42. The topological polar surface area (TPSA) is 109 Å². The maximum atomic E-state index is 13.4. The van der Waals surface area contributed by atoms with Gasteiger partial charge in [-0.25, -0.2) is 4.39 Å². The number of aromatic nitrogens is 1. The molecule has 0 radical (unpaired) electrons. The van der Waals surface area contributed by atoms with Gasteiger partial charge in [-0.3, -0.25) is 19.4 Å². The minimum atomic E-state index is -0.993. The molecule has 0 aliphatic carbocycles. The lowest BCUT2D eigenvalue weighted by molar-refractivity contribution is -0.137. The number of carboxylic acids is 1. The number of carbonyl (C=O) groups excluding carboxylic acids is 2. The molecule has 42 heavy (non-hydrogen) atoms. The van der Waals surface area contributed by atoms with Crippen molar-refractivity contribution >= 4 is 17.7 Å². The first-order chi connectivity index (χ1) is 20.4. The molecule has 8 nitrogen and oxygen atoms in total. The van der Waals surface area contributed by atoms with Crippen LogP contribution in [-0.4, -0.2) is 72.1 Å². The standard InChI is InChI=1S/C33H40FN3O5/c34-12-16-42-30-5-1-3-25(18-30)6-7-26-17-29(22-36-21-26)28(20-33(40)41)19-31(38)27-4-2-15-37(23-27)32(39)9-8-24-10-13-35-14-11-24/h1,3,5,17-18,21-22,24,27-28,35H,2,4,8-16,19-20,23H2,(H,40,41)/t27-,28+/m1/s1/i34-1. The Morgan fingerprint density at radius 3 is 2.69 bits per heavy atom. The van der Waals surface area contributed by atoms with E-state index in [1.807, 2.05) is 11.0 Å². The number of piperidine rings is 2. The summed E-state index contributed by atoms with van der Waals surface area (Å²) < 4.78 is 17.7. The van der Waals surface area contributed by atoms with E-state index in [9.17, 15) is 23.9 Å². The highest BCUT2D eigenvalue weighted by molar-refractivity contribution is 5.84. The van der Waals surface area contributed by atoms with Gasteiger partial charge in [0.15, 0.2) is 0 Å². The monoisotopic (exact) mass is 576 g/mol. The molecule has 2 aliphatic rings. The Balaban J connectivity index is 1.38. The number of hydrogen-bond donors (Lipinski definition) is 2. The predicted molar refractivity (Wildman–Crippen MR) is 157 cm³/mol. The third kappa shape index (κ3) is 9.66. The molecule has 4 rings (SSSR count). The maximum absolute atomic E-state index is 13.4. The van der Waals surface area contributed by atoms with E-state index in [4.69, 9.17) is 4.74 Å². The van der Waals surface area contributed by atoms with Crippen LogP contribution in [0, 0.1) is 23.7 Å². The minimum Gasteiger partial charge on any atom is -0.491 e. The quantitative estimate of drug-likeness (QED) is 0.361. The van der Waals surface area contributed by atoms with Crippen molar-refractivity contribution < 1.29 is 28.6 Å². The fourth-order valence-electron chi connectivity index (χ4n) is 5.76. The van der Waals surface area contributed by atoms with Crippen LogP contribution in [0.25, 0.3) is 0 Å². The van der Waals surface area contributed by atoms with Crippen molar-refractivity contribution in [1.29, 1.82) is 0 Å². The summed E-state index contributed by atoms with van der Waals surface area (Å²) in [6.07, 6.45) is 8.13. The summed E-state index contributed by atoms with van der Waals surface area (Å²) in [5, 5.41) is 13.0. The molecule has 9 heteroatoms. The number of halogens is 1. The van der Waals surface area contributed by atoms with E-state index in [1.165, 1.54) is 0 Å². The highest BCUT2D eigenvalue weighted by atomic mass is 18.2. The van der Waals surface area contributed by atoms with Crippen LogP contribution in [0.15, 0.2) is 42.7 Å². The van der Waals surface area contributed by atoms with Gasteiger partial charge in [0.05, 0.1) is 6.42 Å². The number of alkyl halides is 1. The van der Waals surface area contributed by atoms with Gasteiger partial charge in [-0.15, -0.1) is 0 Å². The zero-order valence-electron chi connectivity index (χ0n) is 24.0. The third-order valence-corrected chi connectivity index (χ3v) is 8.09. The molecule has 0 saturated carbocycles. The van der Waals surface area contributed by atoms with E-state index in [1.54, 1.807) is 36.7 Å². The van der Waals surface area contributed by atoms with Gasteiger partial charge in [0.2, 0.25) is 5.91 Å². The summed E-state index contributed by atoms with van der Waals surface area (Å²) in [6, 6.07) is 8.81. The molecular formula is C33H40FN3O5.